The van der Waals surface area contributed by atoms with Crippen molar-refractivity contribution in [2.75, 3.05) is 52.5 Å². The lowest BCUT2D eigenvalue weighted by molar-refractivity contribution is -0.0508. The summed E-state index contributed by atoms with van der Waals surface area (Å²) >= 11 is 0. The van der Waals surface area contributed by atoms with E-state index < -0.39 is 0 Å². The minimum absolute atomic E-state index is 0.0174. The Bertz CT molecular complexity index is 2510. The molecule has 9 aliphatic rings. The number of primary amides is 3. The Morgan fingerprint density at radius 2 is 0.972 bits per heavy atom. The second kappa shape index (κ2) is 19.3. The molecule has 1 unspecified atom stereocenters. The van der Waals surface area contributed by atoms with Crippen LogP contribution in [0.15, 0.2) is 54.6 Å². The minimum atomic E-state index is -0.329. The third-order valence-corrected chi connectivity index (χ3v) is 20.7. The van der Waals surface area contributed by atoms with Gasteiger partial charge in [0.05, 0.1) is 11.7 Å². The van der Waals surface area contributed by atoms with Gasteiger partial charge in [-0.05, 0) is 213 Å². The van der Waals surface area contributed by atoms with Gasteiger partial charge in [-0.1, -0.05) is 59.7 Å². The van der Waals surface area contributed by atoms with Gasteiger partial charge in [-0.2, -0.15) is 0 Å². The number of nitrogens with zero attached hydrogens (tertiary/aromatic N) is 3. The van der Waals surface area contributed by atoms with E-state index in [9.17, 15) is 14.4 Å². The summed E-state index contributed by atoms with van der Waals surface area (Å²) < 4.78 is 11.9. The van der Waals surface area contributed by atoms with E-state index in [1.807, 2.05) is 18.2 Å². The molecule has 3 aromatic rings. The molecule has 5 aliphatic heterocycles. The molecule has 71 heavy (non-hydrogen) atoms. The molecule has 5 heterocycles. The molecule has 11 atom stereocenters. The topological polar surface area (TPSA) is 157 Å². The first kappa shape index (κ1) is 50.4. The van der Waals surface area contributed by atoms with Crippen LogP contribution in [0.2, 0.25) is 0 Å². The number of carbonyl (C=O) groups excluding carboxylic acids is 3. The van der Waals surface area contributed by atoms with Gasteiger partial charge in [0.25, 0.3) is 0 Å². The van der Waals surface area contributed by atoms with Crippen molar-refractivity contribution in [1.82, 2.24) is 14.7 Å². The van der Waals surface area contributed by atoms with Gasteiger partial charge < -0.3 is 26.7 Å². The van der Waals surface area contributed by atoms with Gasteiger partial charge in [-0.15, -0.1) is 0 Å². The highest BCUT2D eigenvalue weighted by atomic mass is 16.5. The highest BCUT2D eigenvalue weighted by Gasteiger charge is 2.52. The van der Waals surface area contributed by atoms with E-state index in [0.29, 0.717) is 58.7 Å². The molecule has 12 rings (SSSR count). The van der Waals surface area contributed by atoms with Crippen LogP contribution >= 0.6 is 0 Å². The maximum absolute atomic E-state index is 11.6. The smallest absolute Gasteiger partial charge is 0.248 e. The molecular formula is C60H84N6O5. The summed E-state index contributed by atoms with van der Waals surface area (Å²) in [5, 5.41) is 0. The lowest BCUT2D eigenvalue weighted by atomic mass is 9.58. The molecule has 5 saturated heterocycles. The third-order valence-electron chi connectivity index (χ3n) is 20.7. The number of piperidine rings is 3. The van der Waals surface area contributed by atoms with Crippen LogP contribution in [0.1, 0.15) is 171 Å². The van der Waals surface area contributed by atoms with Crippen molar-refractivity contribution in [1.29, 1.82) is 0 Å². The first-order chi connectivity index (χ1) is 33.8. The van der Waals surface area contributed by atoms with E-state index in [4.69, 9.17) is 26.7 Å². The fourth-order valence-corrected chi connectivity index (χ4v) is 15.3. The fourth-order valence-electron chi connectivity index (χ4n) is 15.3. The lowest BCUT2D eigenvalue weighted by Gasteiger charge is -2.55. The predicted octanol–water partition coefficient (Wildman–Crippen LogP) is 8.09. The van der Waals surface area contributed by atoms with E-state index in [-0.39, 0.29) is 39.6 Å². The summed E-state index contributed by atoms with van der Waals surface area (Å²) in [6, 6.07) is 20.0. The second-order valence-corrected chi connectivity index (χ2v) is 24.8. The summed E-state index contributed by atoms with van der Waals surface area (Å²) in [5.41, 5.74) is 27.2. The van der Waals surface area contributed by atoms with Crippen LogP contribution in [-0.4, -0.2) is 115 Å². The van der Waals surface area contributed by atoms with Gasteiger partial charge in [0.1, 0.15) is 0 Å². The quantitative estimate of drug-likeness (QED) is 0.194. The Morgan fingerprint density at radius 1 is 0.549 bits per heavy atom. The molecule has 0 radical (unpaired) electrons. The molecule has 1 saturated carbocycles. The normalized spacial score (nSPS) is 36.0. The number of fused-ring (bicyclic) bond motifs is 12. The summed E-state index contributed by atoms with van der Waals surface area (Å²) in [6.07, 6.45) is 14.7. The van der Waals surface area contributed by atoms with Crippen LogP contribution in [0, 0.1) is 23.7 Å². The Labute approximate surface area is 424 Å². The van der Waals surface area contributed by atoms with Crippen molar-refractivity contribution in [3.05, 3.63) is 105 Å². The minimum Gasteiger partial charge on any atom is -0.377 e. The number of hydrogen-bond acceptors (Lipinski definition) is 8. The van der Waals surface area contributed by atoms with E-state index in [2.05, 4.69) is 99.6 Å². The summed E-state index contributed by atoms with van der Waals surface area (Å²) in [6.45, 7) is 25.2. The predicted molar refractivity (Wildman–Crippen MR) is 281 cm³/mol. The van der Waals surface area contributed by atoms with Crippen LogP contribution in [0.3, 0.4) is 0 Å². The molecule has 3 amide bonds. The molecule has 6 N–H and O–H groups in total. The Kier molecular flexibility index (Phi) is 13.7. The molecule has 3 aromatic carbocycles. The molecule has 6 fully saturated rings. The SMILES string of the molecule is C[C@H]1C2Cc3ccc(C(N)=O)cc3[C@]1(C)CCN2CC1CC1.C[C@H]1[C@H]2Cc3ccc(C(N)=O)cc3[C@]1(C)CCN2C[C@@H]1CCCO1.C[C@H]1[C@H]2Cc3ccc(C(N)=O)cc3[C@]1(C)CCN2C[C@@]1(C)CCCO1. The molecule has 0 aromatic heterocycles. The van der Waals surface area contributed by atoms with Gasteiger partial charge >= 0.3 is 0 Å². The van der Waals surface area contributed by atoms with Gasteiger partial charge in [0.2, 0.25) is 17.7 Å². The molecule has 11 nitrogen and oxygen atoms in total. The van der Waals surface area contributed by atoms with Gasteiger partial charge in [0.15, 0.2) is 0 Å². The van der Waals surface area contributed by atoms with Crippen LogP contribution < -0.4 is 17.2 Å². The monoisotopic (exact) mass is 969 g/mol. The molecule has 0 spiro atoms. The van der Waals surface area contributed by atoms with Crippen molar-refractivity contribution < 1.29 is 23.9 Å². The van der Waals surface area contributed by atoms with Gasteiger partial charge in [-0.25, -0.2) is 0 Å². The lowest BCUT2D eigenvalue weighted by Crippen LogP contribution is -2.60. The average Bonchev–Trinajstić information content (AvgIpc) is 3.81. The van der Waals surface area contributed by atoms with E-state index in [1.165, 1.54) is 91.4 Å². The van der Waals surface area contributed by atoms with Crippen LogP contribution in [0.25, 0.3) is 0 Å². The zero-order valence-electron chi connectivity index (χ0n) is 44.1. The highest BCUT2D eigenvalue weighted by Crippen LogP contribution is 2.52. The zero-order chi connectivity index (χ0) is 50.2. The van der Waals surface area contributed by atoms with Crippen LogP contribution in [0.5, 0.6) is 0 Å². The summed E-state index contributed by atoms with van der Waals surface area (Å²) in [5.74, 6) is 1.75. The van der Waals surface area contributed by atoms with Gasteiger partial charge in [-0.3, -0.25) is 29.1 Å². The largest absolute Gasteiger partial charge is 0.377 e. The van der Waals surface area contributed by atoms with Gasteiger partial charge in [0, 0.05) is 67.7 Å². The number of benzene rings is 3. The van der Waals surface area contributed by atoms with Crippen molar-refractivity contribution in [2.24, 2.45) is 40.9 Å². The summed E-state index contributed by atoms with van der Waals surface area (Å²) in [7, 11) is 0. The molecular weight excluding hydrogens is 885 g/mol. The molecule has 11 heteroatoms. The summed E-state index contributed by atoms with van der Waals surface area (Å²) in [4.78, 5) is 42.8. The number of carbonyl (C=O) groups is 3. The number of nitrogens with two attached hydrogens (primary N) is 3. The second-order valence-electron chi connectivity index (χ2n) is 24.8. The Balaban J connectivity index is 0.000000123. The molecule has 6 bridgehead atoms. The Morgan fingerprint density at radius 3 is 1.35 bits per heavy atom. The van der Waals surface area contributed by atoms with E-state index >= 15 is 0 Å². The number of rotatable bonds is 9. The molecule has 384 valence electrons. The number of amides is 3. The van der Waals surface area contributed by atoms with Crippen molar-refractivity contribution in [3.8, 4) is 0 Å². The first-order valence-electron chi connectivity index (χ1n) is 27.6. The zero-order valence-corrected chi connectivity index (χ0v) is 44.1. The van der Waals surface area contributed by atoms with E-state index in [0.717, 1.165) is 77.4 Å². The maximum Gasteiger partial charge on any atom is 0.248 e. The average molecular weight is 969 g/mol. The number of likely N-dealkylation sites (tertiary alicyclic amines) is 3. The number of ether oxygens (including phenoxy) is 2. The fraction of sp³-hybridized carbons (Fsp3) is 0.650. The number of hydrogen-bond donors (Lipinski definition) is 3. The third kappa shape index (κ3) is 9.42. The molecule has 4 aliphatic carbocycles. The van der Waals surface area contributed by atoms with Crippen molar-refractivity contribution in [3.63, 3.8) is 0 Å². The van der Waals surface area contributed by atoms with Crippen molar-refractivity contribution >= 4 is 17.7 Å². The highest BCUT2D eigenvalue weighted by molar-refractivity contribution is 5.94. The standard InChI is InChI=1S/C21H30N2O2.C20H28N2O2.C19H26N2O/c1-14-18-12-15-5-6-16(19(22)24)11-17(15)21(14,3)8-9-23(18)13-20(2)7-4-10-25-20;1-13-18-11-14-5-6-15(19(21)23)10-17(14)20(13,2)7-8-22(18)12-16-4-3-9-24-16;1-12-17-10-14-5-6-15(18(20)22)9-16(14)19(12,2)7-8-21(17)11-13-3-4-13/h5-6,11,14,18H,4,7-10,12-13H2,1-3H3,(H2,22,24);5-6,10,13,16,18H,3-4,7-9,11-12H2,1-2H3,(H2,21,23);5-6,9,12-13,17H,3-4,7-8,10-11H2,1-2H3,(H2,20,22)/t14-,18+,20+,21+;13-,16-,18+,20+;12-,17?,19+/m000/s1. The first-order valence-corrected chi connectivity index (χ1v) is 27.6. The maximum atomic E-state index is 11.6. The van der Waals surface area contributed by atoms with E-state index in [1.54, 1.807) is 0 Å². The van der Waals surface area contributed by atoms with Crippen molar-refractivity contribution in [2.45, 2.75) is 172 Å². The Hall–Kier alpha value is -4.13. The van der Waals surface area contributed by atoms with Crippen LogP contribution in [0.4, 0.5) is 0 Å². The van der Waals surface area contributed by atoms with Crippen LogP contribution in [-0.2, 0) is 45.0 Å².